The molecule has 19 heavy (non-hydrogen) atoms. The van der Waals surface area contributed by atoms with Gasteiger partial charge in [0.05, 0.1) is 11.2 Å². The van der Waals surface area contributed by atoms with Crippen molar-refractivity contribution in [2.24, 2.45) is 5.73 Å². The van der Waals surface area contributed by atoms with Crippen LogP contribution in [-0.4, -0.2) is 29.3 Å². The molecule has 0 aromatic carbocycles. The zero-order valence-electron chi connectivity index (χ0n) is 12.0. The molecule has 2 N–H and O–H groups in total. The molecule has 0 spiro atoms. The molecule has 1 aliphatic rings. The van der Waals surface area contributed by atoms with Gasteiger partial charge in [-0.25, -0.2) is 4.98 Å². The summed E-state index contributed by atoms with van der Waals surface area (Å²) in [6.45, 7) is 10.6. The van der Waals surface area contributed by atoms with Crippen LogP contribution in [0.5, 0.6) is 0 Å². The van der Waals surface area contributed by atoms with Crippen LogP contribution in [-0.2, 0) is 11.3 Å². The fourth-order valence-corrected chi connectivity index (χ4v) is 3.23. The number of hydrogen-bond donors (Lipinski definition) is 1. The van der Waals surface area contributed by atoms with Gasteiger partial charge in [-0.05, 0) is 49.7 Å². The molecule has 1 aromatic rings. The van der Waals surface area contributed by atoms with E-state index in [0.29, 0.717) is 6.54 Å². The number of nitrogens with two attached hydrogens (primary N) is 1. The van der Waals surface area contributed by atoms with Gasteiger partial charge in [-0.1, -0.05) is 0 Å². The molecule has 1 aromatic heterocycles. The summed E-state index contributed by atoms with van der Waals surface area (Å²) in [4.78, 5) is 6.82. The number of nitrogens with zero attached hydrogens (tertiary/aromatic N) is 2. The first kappa shape index (κ1) is 14.8. The Morgan fingerprint density at radius 3 is 2.42 bits per heavy atom. The quantitative estimate of drug-likeness (QED) is 0.907. The normalized spacial score (nSPS) is 21.5. The van der Waals surface area contributed by atoms with Crippen molar-refractivity contribution in [1.82, 2.24) is 4.98 Å². The summed E-state index contributed by atoms with van der Waals surface area (Å²) in [5, 5.41) is 0. The van der Waals surface area contributed by atoms with Gasteiger partial charge in [0, 0.05) is 35.9 Å². The van der Waals surface area contributed by atoms with E-state index in [2.05, 4.69) is 53.5 Å². The zero-order valence-corrected chi connectivity index (χ0v) is 13.6. The van der Waals surface area contributed by atoms with Gasteiger partial charge in [0.25, 0.3) is 0 Å². The first-order chi connectivity index (χ1) is 8.72. The topological polar surface area (TPSA) is 51.4 Å². The molecule has 1 aliphatic heterocycles. The number of pyridine rings is 1. The lowest BCUT2D eigenvalue weighted by Crippen LogP contribution is -2.57. The second-order valence-electron chi connectivity index (χ2n) is 6.32. The van der Waals surface area contributed by atoms with Crippen molar-refractivity contribution >= 4 is 21.7 Å². The van der Waals surface area contributed by atoms with Gasteiger partial charge in [0.2, 0.25) is 0 Å². The van der Waals surface area contributed by atoms with Crippen LogP contribution < -0.4 is 10.6 Å². The molecule has 1 saturated heterocycles. The van der Waals surface area contributed by atoms with E-state index in [0.717, 1.165) is 28.9 Å². The average Bonchev–Trinajstić information content (AvgIpc) is 2.24. The Morgan fingerprint density at radius 1 is 1.32 bits per heavy atom. The molecule has 106 valence electrons. The van der Waals surface area contributed by atoms with Crippen LogP contribution in [0.3, 0.4) is 0 Å². The van der Waals surface area contributed by atoms with Crippen molar-refractivity contribution in [2.45, 2.75) is 45.4 Å². The molecular weight excluding hydrogens is 306 g/mol. The third-order valence-corrected chi connectivity index (χ3v) is 3.56. The summed E-state index contributed by atoms with van der Waals surface area (Å²) in [6.07, 6.45) is 1.82. The SMILES string of the molecule is CC1(C)CN(c2ncc(Br)cc2CN)CC(C)(C)O1. The van der Waals surface area contributed by atoms with Crippen LogP contribution in [0.1, 0.15) is 33.3 Å². The number of anilines is 1. The maximum absolute atomic E-state index is 6.10. The van der Waals surface area contributed by atoms with Gasteiger partial charge in [-0.3, -0.25) is 0 Å². The van der Waals surface area contributed by atoms with Crippen molar-refractivity contribution in [3.63, 3.8) is 0 Å². The number of aromatic nitrogens is 1. The lowest BCUT2D eigenvalue weighted by molar-refractivity contribution is -0.133. The van der Waals surface area contributed by atoms with Crippen molar-refractivity contribution in [3.8, 4) is 0 Å². The summed E-state index contributed by atoms with van der Waals surface area (Å²) < 4.78 is 7.06. The van der Waals surface area contributed by atoms with E-state index in [1.165, 1.54) is 0 Å². The zero-order chi connectivity index (χ0) is 14.3. The van der Waals surface area contributed by atoms with Gasteiger partial charge in [0.1, 0.15) is 5.82 Å². The Hall–Kier alpha value is -0.650. The molecule has 0 aliphatic carbocycles. The molecule has 0 saturated carbocycles. The Labute approximate surface area is 123 Å². The fourth-order valence-electron chi connectivity index (χ4n) is 2.85. The Balaban J connectivity index is 2.35. The lowest BCUT2D eigenvalue weighted by atomic mass is 9.98. The van der Waals surface area contributed by atoms with E-state index in [9.17, 15) is 0 Å². The summed E-state index contributed by atoms with van der Waals surface area (Å²) in [5.41, 5.74) is 6.52. The van der Waals surface area contributed by atoms with Crippen LogP contribution in [0.2, 0.25) is 0 Å². The van der Waals surface area contributed by atoms with E-state index in [4.69, 9.17) is 10.5 Å². The van der Waals surface area contributed by atoms with Crippen LogP contribution in [0.4, 0.5) is 5.82 Å². The number of hydrogen-bond acceptors (Lipinski definition) is 4. The second kappa shape index (κ2) is 5.04. The standard InChI is InChI=1S/C14H22BrN3O/c1-13(2)8-18(9-14(3,4)19-13)12-10(6-16)5-11(15)7-17-12/h5,7H,6,8-9,16H2,1-4H3. The molecule has 0 atom stereocenters. The summed E-state index contributed by atoms with van der Waals surface area (Å²) in [5.74, 6) is 0.968. The van der Waals surface area contributed by atoms with Crippen molar-refractivity contribution < 1.29 is 4.74 Å². The summed E-state index contributed by atoms with van der Waals surface area (Å²) in [7, 11) is 0. The molecule has 2 heterocycles. The van der Waals surface area contributed by atoms with Crippen LogP contribution >= 0.6 is 15.9 Å². The highest BCUT2D eigenvalue weighted by Crippen LogP contribution is 2.32. The minimum absolute atomic E-state index is 0.192. The average molecular weight is 328 g/mol. The molecular formula is C14H22BrN3O. The molecule has 0 bridgehead atoms. The minimum Gasteiger partial charge on any atom is -0.366 e. The number of ether oxygens (including phenoxy) is 1. The molecule has 5 heteroatoms. The highest BCUT2D eigenvalue weighted by molar-refractivity contribution is 9.10. The van der Waals surface area contributed by atoms with Crippen molar-refractivity contribution in [2.75, 3.05) is 18.0 Å². The highest BCUT2D eigenvalue weighted by Gasteiger charge is 2.39. The lowest BCUT2D eigenvalue weighted by Gasteiger charge is -2.48. The first-order valence-corrected chi connectivity index (χ1v) is 7.31. The molecule has 0 radical (unpaired) electrons. The number of rotatable bonds is 2. The van der Waals surface area contributed by atoms with Gasteiger partial charge >= 0.3 is 0 Å². The molecule has 1 fully saturated rings. The van der Waals surface area contributed by atoms with Crippen LogP contribution in [0, 0.1) is 0 Å². The summed E-state index contributed by atoms with van der Waals surface area (Å²) in [6, 6.07) is 2.04. The van der Waals surface area contributed by atoms with Gasteiger partial charge < -0.3 is 15.4 Å². The van der Waals surface area contributed by atoms with Crippen molar-refractivity contribution in [3.05, 3.63) is 22.3 Å². The van der Waals surface area contributed by atoms with E-state index in [-0.39, 0.29) is 11.2 Å². The smallest absolute Gasteiger partial charge is 0.133 e. The van der Waals surface area contributed by atoms with E-state index < -0.39 is 0 Å². The van der Waals surface area contributed by atoms with E-state index in [1.807, 2.05) is 12.3 Å². The Bertz CT molecular complexity index is 458. The monoisotopic (exact) mass is 327 g/mol. The maximum Gasteiger partial charge on any atom is 0.133 e. The predicted octanol–water partition coefficient (Wildman–Crippen LogP) is 2.70. The van der Waals surface area contributed by atoms with E-state index >= 15 is 0 Å². The minimum atomic E-state index is -0.192. The van der Waals surface area contributed by atoms with Crippen molar-refractivity contribution in [1.29, 1.82) is 0 Å². The second-order valence-corrected chi connectivity index (χ2v) is 7.23. The molecule has 0 unspecified atom stereocenters. The fraction of sp³-hybridized carbons (Fsp3) is 0.643. The molecule has 0 amide bonds. The number of halogens is 1. The number of morpholine rings is 1. The van der Waals surface area contributed by atoms with Gasteiger partial charge in [-0.2, -0.15) is 0 Å². The predicted molar refractivity (Wildman–Crippen MR) is 81.3 cm³/mol. The highest BCUT2D eigenvalue weighted by atomic mass is 79.9. The van der Waals surface area contributed by atoms with Gasteiger partial charge in [0.15, 0.2) is 0 Å². The Morgan fingerprint density at radius 2 is 1.89 bits per heavy atom. The summed E-state index contributed by atoms with van der Waals surface area (Å²) >= 11 is 3.44. The molecule has 4 nitrogen and oxygen atoms in total. The van der Waals surface area contributed by atoms with Crippen LogP contribution in [0.15, 0.2) is 16.7 Å². The largest absolute Gasteiger partial charge is 0.366 e. The third-order valence-electron chi connectivity index (χ3n) is 3.12. The maximum atomic E-state index is 6.10. The third kappa shape index (κ3) is 3.46. The molecule has 2 rings (SSSR count). The van der Waals surface area contributed by atoms with E-state index in [1.54, 1.807) is 0 Å². The van der Waals surface area contributed by atoms with Gasteiger partial charge in [-0.15, -0.1) is 0 Å². The first-order valence-electron chi connectivity index (χ1n) is 6.52. The van der Waals surface area contributed by atoms with Crippen LogP contribution in [0.25, 0.3) is 0 Å². The Kier molecular flexibility index (Phi) is 3.91.